The van der Waals surface area contributed by atoms with E-state index in [1.807, 2.05) is 30.3 Å². The van der Waals surface area contributed by atoms with E-state index in [1.165, 1.54) is 0 Å². The van der Waals surface area contributed by atoms with Crippen molar-refractivity contribution < 1.29 is 8.42 Å². The Balaban J connectivity index is 2.56. The number of nitrogens with one attached hydrogen (secondary N) is 1. The van der Waals surface area contributed by atoms with Gasteiger partial charge in [0.05, 0.1) is 6.26 Å². The van der Waals surface area contributed by atoms with Gasteiger partial charge >= 0.3 is 0 Å². The van der Waals surface area contributed by atoms with E-state index in [2.05, 4.69) is 4.72 Å². The maximum Gasteiger partial charge on any atom is 0.209 e. The molecule has 0 spiro atoms. The highest BCUT2D eigenvalue weighted by atomic mass is 32.2. The second-order valence-electron chi connectivity index (χ2n) is 2.58. The zero-order chi connectivity index (χ0) is 9.03. The summed E-state index contributed by atoms with van der Waals surface area (Å²) >= 11 is 0. The number of rotatable bonds is 3. The molecule has 0 fully saturated rings. The normalized spacial score (nSPS) is 11.4. The SMILES string of the molecule is CS(=O)(=O)NCc1ccccc1. The molecule has 0 atom stereocenters. The molecular weight excluding hydrogens is 174 g/mol. The van der Waals surface area contributed by atoms with Gasteiger partial charge in [-0.25, -0.2) is 13.1 Å². The van der Waals surface area contributed by atoms with E-state index < -0.39 is 10.0 Å². The zero-order valence-electron chi connectivity index (χ0n) is 6.82. The maximum absolute atomic E-state index is 10.7. The average molecular weight is 185 g/mol. The van der Waals surface area contributed by atoms with Gasteiger partial charge in [0, 0.05) is 6.54 Å². The first-order chi connectivity index (χ1) is 5.58. The Labute approximate surface area is 72.5 Å². The Morgan fingerprint density at radius 2 is 1.83 bits per heavy atom. The molecule has 12 heavy (non-hydrogen) atoms. The van der Waals surface area contributed by atoms with Gasteiger partial charge in [0.25, 0.3) is 0 Å². The van der Waals surface area contributed by atoms with Gasteiger partial charge < -0.3 is 0 Å². The van der Waals surface area contributed by atoms with Crippen molar-refractivity contribution in [1.29, 1.82) is 0 Å². The van der Waals surface area contributed by atoms with Crippen molar-refractivity contribution >= 4 is 10.0 Å². The van der Waals surface area contributed by atoms with E-state index in [1.54, 1.807) is 0 Å². The summed E-state index contributed by atoms with van der Waals surface area (Å²) in [6.45, 7) is 0.361. The van der Waals surface area contributed by atoms with Crippen LogP contribution in [0.5, 0.6) is 0 Å². The molecule has 1 aromatic carbocycles. The fraction of sp³-hybridized carbons (Fsp3) is 0.250. The van der Waals surface area contributed by atoms with Gasteiger partial charge in [-0.05, 0) is 5.56 Å². The molecule has 1 N–H and O–H groups in total. The van der Waals surface area contributed by atoms with Crippen LogP contribution in [0.4, 0.5) is 0 Å². The van der Waals surface area contributed by atoms with Crippen LogP contribution in [-0.2, 0) is 16.6 Å². The summed E-state index contributed by atoms with van der Waals surface area (Å²) in [6, 6.07) is 9.39. The number of sulfonamides is 1. The van der Waals surface area contributed by atoms with Crippen LogP contribution in [0.3, 0.4) is 0 Å². The Hall–Kier alpha value is -0.870. The number of hydrogen-bond acceptors (Lipinski definition) is 2. The van der Waals surface area contributed by atoms with Crippen LogP contribution in [0.25, 0.3) is 0 Å². The Morgan fingerprint density at radius 3 is 2.33 bits per heavy atom. The summed E-state index contributed by atoms with van der Waals surface area (Å²) in [4.78, 5) is 0. The predicted molar refractivity (Wildman–Crippen MR) is 48.1 cm³/mol. The van der Waals surface area contributed by atoms with Gasteiger partial charge in [-0.1, -0.05) is 30.3 Å². The van der Waals surface area contributed by atoms with Crippen molar-refractivity contribution in [2.45, 2.75) is 6.54 Å². The highest BCUT2D eigenvalue weighted by molar-refractivity contribution is 7.88. The van der Waals surface area contributed by atoms with Gasteiger partial charge in [0.1, 0.15) is 0 Å². The number of benzene rings is 1. The topological polar surface area (TPSA) is 46.2 Å². The average Bonchev–Trinajstić information content (AvgIpc) is 2.02. The largest absolute Gasteiger partial charge is 0.213 e. The van der Waals surface area contributed by atoms with Gasteiger partial charge in [0.2, 0.25) is 10.0 Å². The Morgan fingerprint density at radius 1 is 1.25 bits per heavy atom. The van der Waals surface area contributed by atoms with Gasteiger partial charge in [-0.15, -0.1) is 0 Å². The van der Waals surface area contributed by atoms with E-state index >= 15 is 0 Å². The van der Waals surface area contributed by atoms with Gasteiger partial charge in [-0.2, -0.15) is 0 Å². The smallest absolute Gasteiger partial charge is 0.209 e. The van der Waals surface area contributed by atoms with Gasteiger partial charge in [0.15, 0.2) is 0 Å². The van der Waals surface area contributed by atoms with Crippen molar-refractivity contribution in [3.63, 3.8) is 0 Å². The Bertz CT molecular complexity index is 331. The first-order valence-corrected chi connectivity index (χ1v) is 5.45. The molecule has 0 aliphatic heterocycles. The Kier molecular flexibility index (Phi) is 2.83. The van der Waals surface area contributed by atoms with Crippen LogP contribution >= 0.6 is 0 Å². The summed E-state index contributed by atoms with van der Waals surface area (Å²) in [5, 5.41) is 0. The third-order valence-electron chi connectivity index (χ3n) is 1.38. The summed E-state index contributed by atoms with van der Waals surface area (Å²) in [7, 11) is -3.07. The van der Waals surface area contributed by atoms with Gasteiger partial charge in [-0.3, -0.25) is 0 Å². The highest BCUT2D eigenvalue weighted by Crippen LogP contribution is 1.97. The second-order valence-corrected chi connectivity index (χ2v) is 4.41. The van der Waals surface area contributed by atoms with E-state index in [0.717, 1.165) is 11.8 Å². The van der Waals surface area contributed by atoms with Crippen molar-refractivity contribution in [2.24, 2.45) is 0 Å². The van der Waals surface area contributed by atoms with E-state index in [9.17, 15) is 8.42 Å². The first-order valence-electron chi connectivity index (χ1n) is 3.56. The maximum atomic E-state index is 10.7. The van der Waals surface area contributed by atoms with E-state index in [-0.39, 0.29) is 0 Å². The molecule has 0 aliphatic rings. The molecule has 3 nitrogen and oxygen atoms in total. The van der Waals surface area contributed by atoms with Crippen LogP contribution in [0.2, 0.25) is 0 Å². The molecule has 66 valence electrons. The fourth-order valence-corrected chi connectivity index (χ4v) is 1.24. The molecule has 0 aliphatic carbocycles. The van der Waals surface area contributed by atoms with Crippen molar-refractivity contribution in [3.8, 4) is 0 Å². The quantitative estimate of drug-likeness (QED) is 0.754. The second kappa shape index (κ2) is 3.69. The lowest BCUT2D eigenvalue weighted by atomic mass is 10.2. The first kappa shape index (κ1) is 9.22. The summed E-state index contributed by atoms with van der Waals surface area (Å²) in [5.41, 5.74) is 0.961. The molecule has 0 bridgehead atoms. The van der Waals surface area contributed by atoms with Crippen molar-refractivity contribution in [2.75, 3.05) is 6.26 Å². The zero-order valence-corrected chi connectivity index (χ0v) is 7.64. The lowest BCUT2D eigenvalue weighted by Gasteiger charge is -2.00. The highest BCUT2D eigenvalue weighted by Gasteiger charge is 1.98. The monoisotopic (exact) mass is 185 g/mol. The van der Waals surface area contributed by atoms with Crippen molar-refractivity contribution in [1.82, 2.24) is 4.72 Å². The molecule has 0 heterocycles. The van der Waals surface area contributed by atoms with E-state index in [4.69, 9.17) is 0 Å². The molecule has 1 aromatic rings. The third-order valence-corrected chi connectivity index (χ3v) is 2.05. The summed E-state index contributed by atoms with van der Waals surface area (Å²) in [6.07, 6.45) is 1.15. The fourth-order valence-electron chi connectivity index (χ4n) is 0.810. The van der Waals surface area contributed by atoms with Crippen LogP contribution in [-0.4, -0.2) is 14.7 Å². The van der Waals surface area contributed by atoms with E-state index in [0.29, 0.717) is 6.54 Å². The van der Waals surface area contributed by atoms with Crippen LogP contribution < -0.4 is 4.72 Å². The third kappa shape index (κ3) is 3.50. The van der Waals surface area contributed by atoms with Crippen LogP contribution in [0.1, 0.15) is 5.56 Å². The minimum absolute atomic E-state index is 0.361. The summed E-state index contributed by atoms with van der Waals surface area (Å²) in [5.74, 6) is 0. The lowest BCUT2D eigenvalue weighted by molar-refractivity contribution is 0.587. The predicted octanol–water partition coefficient (Wildman–Crippen LogP) is 0.736. The minimum atomic E-state index is -3.07. The molecule has 4 heteroatoms. The summed E-state index contributed by atoms with van der Waals surface area (Å²) < 4.78 is 23.8. The standard InChI is InChI=1S/C8H11NO2S/c1-12(10,11)9-7-8-5-3-2-4-6-8/h2-6,9H,7H2,1H3. The molecule has 0 unspecified atom stereocenters. The number of hydrogen-bond donors (Lipinski definition) is 1. The minimum Gasteiger partial charge on any atom is -0.213 e. The van der Waals surface area contributed by atoms with Crippen LogP contribution in [0, 0.1) is 0 Å². The lowest BCUT2D eigenvalue weighted by Crippen LogP contribution is -2.20. The molecular formula is C8H11NO2S. The molecule has 0 amide bonds. The molecule has 0 aromatic heterocycles. The van der Waals surface area contributed by atoms with Crippen LogP contribution in [0.15, 0.2) is 30.3 Å². The molecule has 0 radical (unpaired) electrons. The molecule has 0 saturated heterocycles. The van der Waals surface area contributed by atoms with Crippen molar-refractivity contribution in [3.05, 3.63) is 35.9 Å². The molecule has 1 rings (SSSR count). The molecule has 0 saturated carbocycles.